The number of methoxy groups -OCH3 is 1. The van der Waals surface area contributed by atoms with E-state index < -0.39 is 10.0 Å². The van der Waals surface area contributed by atoms with Gasteiger partial charge in [0.15, 0.2) is 0 Å². The molecule has 1 N–H and O–H groups in total. The lowest BCUT2D eigenvalue weighted by Gasteiger charge is -2.11. The summed E-state index contributed by atoms with van der Waals surface area (Å²) >= 11 is 0. The van der Waals surface area contributed by atoms with E-state index in [1.807, 2.05) is 37.3 Å². The van der Waals surface area contributed by atoms with E-state index in [-0.39, 0.29) is 17.9 Å². The van der Waals surface area contributed by atoms with Crippen molar-refractivity contribution in [1.29, 1.82) is 0 Å². The third-order valence-corrected chi connectivity index (χ3v) is 5.21. The predicted molar refractivity (Wildman–Crippen MR) is 96.4 cm³/mol. The molecule has 0 saturated heterocycles. The number of aromatic nitrogens is 2. The lowest BCUT2D eigenvalue weighted by molar-refractivity contribution is 0.402. The van der Waals surface area contributed by atoms with Crippen LogP contribution in [-0.4, -0.2) is 32.3 Å². The number of rotatable bonds is 7. The van der Waals surface area contributed by atoms with Crippen molar-refractivity contribution in [3.63, 3.8) is 0 Å². The van der Waals surface area contributed by atoms with Crippen LogP contribution in [0.25, 0.3) is 11.5 Å². The van der Waals surface area contributed by atoms with Crippen LogP contribution >= 0.6 is 0 Å². The van der Waals surface area contributed by atoms with Crippen molar-refractivity contribution in [3.8, 4) is 17.2 Å². The second kappa shape index (κ2) is 7.67. The molecule has 0 unspecified atom stereocenters. The number of hydrogen-bond acceptors (Lipinski definition) is 6. The fourth-order valence-electron chi connectivity index (χ4n) is 2.42. The van der Waals surface area contributed by atoms with Gasteiger partial charge in [0.1, 0.15) is 10.6 Å². The Morgan fingerprint density at radius 3 is 2.62 bits per heavy atom. The Morgan fingerprint density at radius 2 is 1.88 bits per heavy atom. The van der Waals surface area contributed by atoms with Crippen molar-refractivity contribution in [2.75, 3.05) is 13.7 Å². The zero-order valence-electron chi connectivity index (χ0n) is 14.5. The first-order valence-corrected chi connectivity index (χ1v) is 9.50. The molecule has 0 radical (unpaired) electrons. The summed E-state index contributed by atoms with van der Waals surface area (Å²) in [6.45, 7) is 1.96. The Labute approximate surface area is 152 Å². The van der Waals surface area contributed by atoms with Gasteiger partial charge >= 0.3 is 0 Å². The van der Waals surface area contributed by atoms with Crippen molar-refractivity contribution >= 4 is 10.0 Å². The number of hydrogen-bond donors (Lipinski definition) is 1. The average molecular weight is 373 g/mol. The predicted octanol–water partition coefficient (Wildman–Crippen LogP) is 2.57. The quantitative estimate of drug-likeness (QED) is 0.684. The molecule has 3 aromatic rings. The van der Waals surface area contributed by atoms with Gasteiger partial charge in [-0.3, -0.25) is 0 Å². The summed E-state index contributed by atoms with van der Waals surface area (Å²) in [5, 5.41) is 7.94. The summed E-state index contributed by atoms with van der Waals surface area (Å²) in [5.41, 5.74) is 1.65. The largest absolute Gasteiger partial charge is 0.495 e. The molecule has 0 aliphatic carbocycles. The highest BCUT2D eigenvalue weighted by atomic mass is 32.2. The van der Waals surface area contributed by atoms with Gasteiger partial charge in [0.05, 0.1) is 7.11 Å². The van der Waals surface area contributed by atoms with Gasteiger partial charge in [-0.25, -0.2) is 13.1 Å². The van der Waals surface area contributed by atoms with Gasteiger partial charge < -0.3 is 9.15 Å². The van der Waals surface area contributed by atoms with Crippen LogP contribution < -0.4 is 9.46 Å². The number of benzene rings is 2. The first-order chi connectivity index (χ1) is 12.5. The Hall–Kier alpha value is -2.71. The molecule has 2 aromatic carbocycles. The minimum absolute atomic E-state index is 0.107. The molecule has 0 fully saturated rings. The molecule has 1 aromatic heterocycles. The first-order valence-electron chi connectivity index (χ1n) is 8.02. The van der Waals surface area contributed by atoms with Crippen LogP contribution in [0.3, 0.4) is 0 Å². The van der Waals surface area contributed by atoms with Crippen LogP contribution in [0.2, 0.25) is 0 Å². The van der Waals surface area contributed by atoms with E-state index in [1.54, 1.807) is 18.2 Å². The minimum atomic E-state index is -3.71. The van der Waals surface area contributed by atoms with Gasteiger partial charge in [-0.2, -0.15) is 0 Å². The molecule has 7 nitrogen and oxygen atoms in total. The highest BCUT2D eigenvalue weighted by molar-refractivity contribution is 7.89. The van der Waals surface area contributed by atoms with Crippen molar-refractivity contribution in [1.82, 2.24) is 14.9 Å². The van der Waals surface area contributed by atoms with E-state index in [2.05, 4.69) is 14.9 Å². The number of sulfonamides is 1. The van der Waals surface area contributed by atoms with Crippen molar-refractivity contribution in [2.24, 2.45) is 0 Å². The summed E-state index contributed by atoms with van der Waals surface area (Å²) in [5.74, 6) is 1.07. The number of ether oxygens (including phenoxy) is 1. The third-order valence-electron chi connectivity index (χ3n) is 3.73. The maximum Gasteiger partial charge on any atom is 0.247 e. The van der Waals surface area contributed by atoms with E-state index in [1.165, 1.54) is 7.11 Å². The maximum absolute atomic E-state index is 12.5. The highest BCUT2D eigenvalue weighted by Crippen LogP contribution is 2.24. The van der Waals surface area contributed by atoms with E-state index in [9.17, 15) is 8.42 Å². The topological polar surface area (TPSA) is 94.3 Å². The van der Waals surface area contributed by atoms with E-state index in [0.717, 1.165) is 11.1 Å². The maximum atomic E-state index is 12.5. The molecule has 3 rings (SSSR count). The Balaban J connectivity index is 1.66. The lowest BCUT2D eigenvalue weighted by atomic mass is 10.2. The fraction of sp³-hybridized carbons (Fsp3) is 0.222. The van der Waals surface area contributed by atoms with Gasteiger partial charge in [-0.05, 0) is 36.8 Å². The van der Waals surface area contributed by atoms with Gasteiger partial charge in [0, 0.05) is 18.5 Å². The first kappa shape index (κ1) is 18.1. The molecule has 0 aliphatic rings. The summed E-state index contributed by atoms with van der Waals surface area (Å²) in [4.78, 5) is 0.107. The van der Waals surface area contributed by atoms with Crippen molar-refractivity contribution < 1.29 is 17.6 Å². The Bertz CT molecular complexity index is 985. The zero-order chi connectivity index (χ0) is 18.6. The number of nitrogens with one attached hydrogen (secondary N) is 1. The zero-order valence-corrected chi connectivity index (χ0v) is 15.3. The van der Waals surface area contributed by atoms with Gasteiger partial charge in [-0.1, -0.05) is 24.3 Å². The minimum Gasteiger partial charge on any atom is -0.495 e. The molecule has 0 bridgehead atoms. The molecule has 0 atom stereocenters. The van der Waals surface area contributed by atoms with Crippen LogP contribution in [-0.2, 0) is 16.4 Å². The molecule has 8 heteroatoms. The van der Waals surface area contributed by atoms with E-state index in [0.29, 0.717) is 17.5 Å². The SMILES string of the molecule is COc1ccc(C)cc1S(=O)(=O)NCCc1nnc(-c2ccccc2)o1. The Morgan fingerprint density at radius 1 is 1.12 bits per heavy atom. The molecular weight excluding hydrogens is 354 g/mol. The molecular formula is C18H19N3O4S. The molecule has 0 amide bonds. The lowest BCUT2D eigenvalue weighted by Crippen LogP contribution is -2.26. The normalized spacial score (nSPS) is 11.5. The molecule has 0 spiro atoms. The monoisotopic (exact) mass is 373 g/mol. The summed E-state index contributed by atoms with van der Waals surface area (Å²) in [6, 6.07) is 14.4. The number of nitrogens with zero attached hydrogens (tertiary/aromatic N) is 2. The van der Waals surface area contributed by atoms with Crippen molar-refractivity contribution in [2.45, 2.75) is 18.2 Å². The van der Waals surface area contributed by atoms with Gasteiger partial charge in [0.2, 0.25) is 21.8 Å². The molecule has 0 aliphatic heterocycles. The molecule has 1 heterocycles. The molecule has 136 valence electrons. The van der Waals surface area contributed by atoms with Gasteiger partial charge in [0.25, 0.3) is 0 Å². The third kappa shape index (κ3) is 4.09. The second-order valence-electron chi connectivity index (χ2n) is 5.67. The van der Waals surface area contributed by atoms with Crippen molar-refractivity contribution in [3.05, 3.63) is 60.0 Å². The summed E-state index contributed by atoms with van der Waals surface area (Å²) < 4.78 is 38.3. The van der Waals surface area contributed by atoms with Crippen LogP contribution in [0.5, 0.6) is 5.75 Å². The van der Waals surface area contributed by atoms with Gasteiger partial charge in [-0.15, -0.1) is 10.2 Å². The highest BCUT2D eigenvalue weighted by Gasteiger charge is 2.19. The van der Waals surface area contributed by atoms with Crippen LogP contribution in [0.4, 0.5) is 0 Å². The second-order valence-corrected chi connectivity index (χ2v) is 7.40. The standard InChI is InChI=1S/C18H19N3O4S/c1-13-8-9-15(24-2)16(12-13)26(22,23)19-11-10-17-20-21-18(25-17)14-6-4-3-5-7-14/h3-9,12,19H,10-11H2,1-2H3. The van der Waals surface area contributed by atoms with Crippen LogP contribution in [0.15, 0.2) is 57.8 Å². The summed E-state index contributed by atoms with van der Waals surface area (Å²) in [6.07, 6.45) is 0.285. The smallest absolute Gasteiger partial charge is 0.247 e. The molecule has 0 saturated carbocycles. The van der Waals surface area contributed by atoms with E-state index >= 15 is 0 Å². The van der Waals surface area contributed by atoms with E-state index in [4.69, 9.17) is 9.15 Å². The fourth-order valence-corrected chi connectivity index (χ4v) is 3.70. The number of aryl methyl sites for hydroxylation is 1. The average Bonchev–Trinajstić information content (AvgIpc) is 3.11. The molecule has 26 heavy (non-hydrogen) atoms. The Kier molecular flexibility index (Phi) is 5.34. The summed E-state index contributed by atoms with van der Waals surface area (Å²) in [7, 11) is -2.27. The van der Waals surface area contributed by atoms with Crippen LogP contribution in [0.1, 0.15) is 11.5 Å². The van der Waals surface area contributed by atoms with Crippen LogP contribution in [0, 0.1) is 6.92 Å².